The second-order valence-corrected chi connectivity index (χ2v) is 4.19. The molecule has 1 atom stereocenters. The number of aryl methyl sites for hydroxylation is 1. The van der Waals surface area contributed by atoms with E-state index in [1.165, 1.54) is 17.8 Å². The topological polar surface area (TPSA) is 108 Å². The Bertz CT molecular complexity index is 400. The smallest absolute Gasteiger partial charge is 0.339 e. The van der Waals surface area contributed by atoms with Crippen molar-refractivity contribution in [1.82, 2.24) is 15.1 Å². The highest BCUT2D eigenvalue weighted by molar-refractivity contribution is 5.88. The summed E-state index contributed by atoms with van der Waals surface area (Å²) in [6.07, 6.45) is 1.28. The average molecular weight is 243 g/mol. The van der Waals surface area contributed by atoms with Crippen LogP contribution in [0.1, 0.15) is 23.0 Å². The first-order valence-electron chi connectivity index (χ1n) is 5.15. The molecule has 1 heterocycles. The van der Waals surface area contributed by atoms with Gasteiger partial charge in [0.25, 0.3) is 0 Å². The van der Waals surface area contributed by atoms with E-state index in [1.807, 2.05) is 0 Å². The van der Waals surface area contributed by atoms with Gasteiger partial charge in [-0.25, -0.2) is 4.79 Å². The molecule has 1 unspecified atom stereocenters. The molecular weight excluding hydrogens is 226 g/mol. The van der Waals surface area contributed by atoms with Crippen LogP contribution in [0.2, 0.25) is 0 Å². The Morgan fingerprint density at radius 2 is 2.29 bits per heavy atom. The molecule has 0 amide bonds. The van der Waals surface area contributed by atoms with Crippen molar-refractivity contribution in [3.63, 3.8) is 0 Å². The van der Waals surface area contributed by atoms with Gasteiger partial charge in [-0.05, 0) is 6.92 Å². The second kappa shape index (κ2) is 5.26. The van der Waals surface area contributed by atoms with Crippen LogP contribution in [-0.2, 0) is 13.6 Å². The van der Waals surface area contributed by atoms with Gasteiger partial charge >= 0.3 is 5.97 Å². The predicted octanol–water partition coefficient (Wildman–Crippen LogP) is -1.05. The zero-order chi connectivity index (χ0) is 13.1. The molecule has 0 fully saturated rings. The van der Waals surface area contributed by atoms with Crippen LogP contribution >= 0.6 is 0 Å². The predicted molar refractivity (Wildman–Crippen MR) is 59.6 cm³/mol. The molecule has 0 aliphatic rings. The highest BCUT2D eigenvalue weighted by atomic mass is 16.4. The van der Waals surface area contributed by atoms with E-state index in [0.29, 0.717) is 5.69 Å². The summed E-state index contributed by atoms with van der Waals surface area (Å²) in [5.74, 6) is -1.04. The molecule has 7 nitrogen and oxygen atoms in total. The van der Waals surface area contributed by atoms with Crippen LogP contribution in [0.3, 0.4) is 0 Å². The molecule has 0 saturated carbocycles. The highest BCUT2D eigenvalue weighted by Crippen LogP contribution is 2.07. The number of carboxylic acid groups (broad SMARTS) is 1. The molecule has 0 saturated heterocycles. The molecule has 0 aromatic carbocycles. The zero-order valence-electron chi connectivity index (χ0n) is 9.84. The Kier molecular flexibility index (Phi) is 4.22. The molecule has 1 aromatic heterocycles. The Morgan fingerprint density at radius 1 is 1.65 bits per heavy atom. The minimum Gasteiger partial charge on any atom is -0.478 e. The monoisotopic (exact) mass is 243 g/mol. The number of aliphatic hydroxyl groups excluding tert-OH is 1. The Morgan fingerprint density at radius 3 is 2.82 bits per heavy atom. The molecule has 1 rings (SSSR count). The number of nitrogens with one attached hydrogen (secondary N) is 1. The SMILES string of the molecule is Cn1ncc(C(=O)O)c1CNCC(C)(O)CO. The Labute approximate surface area is 98.7 Å². The lowest BCUT2D eigenvalue weighted by Crippen LogP contribution is -2.41. The number of nitrogens with zero attached hydrogens (tertiary/aromatic N) is 2. The van der Waals surface area contributed by atoms with Crippen molar-refractivity contribution < 1.29 is 20.1 Å². The van der Waals surface area contributed by atoms with Gasteiger partial charge < -0.3 is 20.6 Å². The van der Waals surface area contributed by atoms with Crippen LogP contribution in [0.25, 0.3) is 0 Å². The quantitative estimate of drug-likeness (QED) is 0.508. The van der Waals surface area contributed by atoms with Crippen LogP contribution in [0.15, 0.2) is 6.20 Å². The maximum Gasteiger partial charge on any atom is 0.339 e. The standard InChI is InChI=1S/C10H17N3O4/c1-10(17,6-14)5-11-4-8-7(9(15)16)3-12-13(8)2/h3,11,14,17H,4-6H2,1-2H3,(H,15,16). The van der Waals surface area contributed by atoms with Crippen LogP contribution in [-0.4, -0.2) is 49.8 Å². The van der Waals surface area contributed by atoms with E-state index >= 15 is 0 Å². The van der Waals surface area contributed by atoms with Crippen molar-refractivity contribution in [1.29, 1.82) is 0 Å². The molecular formula is C10H17N3O4. The largest absolute Gasteiger partial charge is 0.478 e. The van der Waals surface area contributed by atoms with Crippen LogP contribution in [0.4, 0.5) is 0 Å². The third kappa shape index (κ3) is 3.52. The van der Waals surface area contributed by atoms with E-state index in [0.717, 1.165) is 0 Å². The van der Waals surface area contributed by atoms with E-state index < -0.39 is 11.6 Å². The van der Waals surface area contributed by atoms with Crippen molar-refractivity contribution in [2.75, 3.05) is 13.2 Å². The van der Waals surface area contributed by atoms with Crippen LogP contribution in [0, 0.1) is 0 Å². The van der Waals surface area contributed by atoms with Gasteiger partial charge in [-0.15, -0.1) is 0 Å². The number of aromatic carboxylic acids is 1. The van der Waals surface area contributed by atoms with Gasteiger partial charge in [0.1, 0.15) is 5.56 Å². The third-order valence-corrected chi connectivity index (χ3v) is 2.43. The van der Waals surface area contributed by atoms with E-state index in [9.17, 15) is 9.90 Å². The van der Waals surface area contributed by atoms with Crippen LogP contribution < -0.4 is 5.32 Å². The minimum atomic E-state index is -1.22. The van der Waals surface area contributed by atoms with E-state index in [-0.39, 0.29) is 25.3 Å². The molecule has 0 radical (unpaired) electrons. The van der Waals surface area contributed by atoms with Crippen molar-refractivity contribution in [3.05, 3.63) is 17.5 Å². The van der Waals surface area contributed by atoms with E-state index in [2.05, 4.69) is 10.4 Å². The molecule has 0 aliphatic heterocycles. The lowest BCUT2D eigenvalue weighted by Gasteiger charge is -2.20. The molecule has 96 valence electrons. The first kappa shape index (κ1) is 13.6. The van der Waals surface area contributed by atoms with Gasteiger partial charge in [0.05, 0.1) is 24.1 Å². The molecule has 1 aromatic rings. The van der Waals surface area contributed by atoms with Crippen molar-refractivity contribution >= 4 is 5.97 Å². The summed E-state index contributed by atoms with van der Waals surface area (Å²) in [5, 5.41) is 34.0. The summed E-state index contributed by atoms with van der Waals surface area (Å²) in [7, 11) is 1.65. The van der Waals surface area contributed by atoms with Gasteiger partial charge in [-0.3, -0.25) is 4.68 Å². The number of carbonyl (C=O) groups is 1. The molecule has 17 heavy (non-hydrogen) atoms. The normalized spacial score (nSPS) is 14.6. The maximum atomic E-state index is 10.9. The Hall–Kier alpha value is -1.44. The van der Waals surface area contributed by atoms with Gasteiger partial charge in [0.15, 0.2) is 0 Å². The fourth-order valence-corrected chi connectivity index (χ4v) is 1.36. The van der Waals surface area contributed by atoms with Gasteiger partial charge in [0, 0.05) is 20.1 Å². The molecule has 0 bridgehead atoms. The lowest BCUT2D eigenvalue weighted by atomic mass is 10.1. The first-order valence-corrected chi connectivity index (χ1v) is 5.15. The second-order valence-electron chi connectivity index (χ2n) is 4.19. The average Bonchev–Trinajstić information content (AvgIpc) is 2.60. The fourth-order valence-electron chi connectivity index (χ4n) is 1.36. The number of hydrogen-bond acceptors (Lipinski definition) is 5. The number of carboxylic acids is 1. The van der Waals surface area contributed by atoms with Gasteiger partial charge in [-0.2, -0.15) is 5.10 Å². The summed E-state index contributed by atoms with van der Waals surface area (Å²) < 4.78 is 1.46. The molecule has 4 N–H and O–H groups in total. The Balaban J connectivity index is 2.63. The third-order valence-electron chi connectivity index (χ3n) is 2.43. The number of hydrogen-bond donors (Lipinski definition) is 4. The van der Waals surface area contributed by atoms with Crippen molar-refractivity contribution in [2.45, 2.75) is 19.1 Å². The highest BCUT2D eigenvalue weighted by Gasteiger charge is 2.20. The summed E-state index contributed by atoms with van der Waals surface area (Å²) in [6.45, 7) is 1.54. The maximum absolute atomic E-state index is 10.9. The molecule has 7 heteroatoms. The number of aromatic nitrogens is 2. The summed E-state index contributed by atoms with van der Waals surface area (Å²) in [4.78, 5) is 10.9. The lowest BCUT2D eigenvalue weighted by molar-refractivity contribution is 0.00243. The van der Waals surface area contributed by atoms with E-state index in [1.54, 1.807) is 7.05 Å². The first-order chi connectivity index (χ1) is 7.87. The fraction of sp³-hybridized carbons (Fsp3) is 0.600. The zero-order valence-corrected chi connectivity index (χ0v) is 9.84. The van der Waals surface area contributed by atoms with Gasteiger partial charge in [0.2, 0.25) is 0 Å². The minimum absolute atomic E-state index is 0.128. The number of aliphatic hydroxyl groups is 2. The summed E-state index contributed by atoms with van der Waals surface area (Å²) >= 11 is 0. The van der Waals surface area contributed by atoms with Crippen molar-refractivity contribution in [3.8, 4) is 0 Å². The molecule has 0 aliphatic carbocycles. The summed E-state index contributed by atoms with van der Waals surface area (Å²) in [6, 6.07) is 0. The number of rotatable bonds is 6. The molecule has 0 spiro atoms. The van der Waals surface area contributed by atoms with Gasteiger partial charge in [-0.1, -0.05) is 0 Å². The summed E-state index contributed by atoms with van der Waals surface area (Å²) in [5.41, 5.74) is -0.572. The van der Waals surface area contributed by atoms with Crippen LogP contribution in [0.5, 0.6) is 0 Å². The van der Waals surface area contributed by atoms with Crippen molar-refractivity contribution in [2.24, 2.45) is 7.05 Å². The van der Waals surface area contributed by atoms with E-state index in [4.69, 9.17) is 10.2 Å².